The van der Waals surface area contributed by atoms with Crippen LogP contribution in [0.3, 0.4) is 0 Å². The molecule has 0 aliphatic carbocycles. The molecule has 0 spiro atoms. The van der Waals surface area contributed by atoms with Crippen LogP contribution in [0.5, 0.6) is 0 Å². The molecule has 3 aromatic rings. The van der Waals surface area contributed by atoms with E-state index in [2.05, 4.69) is 20.9 Å². The van der Waals surface area contributed by atoms with E-state index in [1.165, 1.54) is 0 Å². The normalized spacial score (nSPS) is 10.9. The average Bonchev–Trinajstić information content (AvgIpc) is 2.84. The summed E-state index contributed by atoms with van der Waals surface area (Å²) < 4.78 is 0.774. The van der Waals surface area contributed by atoms with E-state index in [-0.39, 0.29) is 5.78 Å². The second kappa shape index (κ2) is 4.96. The van der Waals surface area contributed by atoms with E-state index in [1.807, 2.05) is 6.07 Å². The highest BCUT2D eigenvalue weighted by molar-refractivity contribution is 9.10. The number of anilines is 1. The van der Waals surface area contributed by atoms with Crippen molar-refractivity contribution in [2.24, 2.45) is 0 Å². The predicted molar refractivity (Wildman–Crippen MR) is 85.3 cm³/mol. The summed E-state index contributed by atoms with van der Waals surface area (Å²) in [7, 11) is 0. The molecular formula is C15H10BrClN2O. The highest BCUT2D eigenvalue weighted by atomic mass is 79.9. The van der Waals surface area contributed by atoms with Crippen molar-refractivity contribution in [1.82, 2.24) is 4.98 Å². The molecule has 3 nitrogen and oxygen atoms in total. The van der Waals surface area contributed by atoms with Gasteiger partial charge in [-0.15, -0.1) is 0 Å². The van der Waals surface area contributed by atoms with Gasteiger partial charge in [0.05, 0.1) is 0 Å². The van der Waals surface area contributed by atoms with Crippen molar-refractivity contribution < 1.29 is 4.79 Å². The molecule has 1 aromatic heterocycles. The topological polar surface area (TPSA) is 58.9 Å². The number of hydrogen-bond donors (Lipinski definition) is 2. The summed E-state index contributed by atoms with van der Waals surface area (Å²) in [6, 6.07) is 10.6. The van der Waals surface area contributed by atoms with E-state index in [4.69, 9.17) is 17.3 Å². The van der Waals surface area contributed by atoms with Crippen LogP contribution >= 0.6 is 27.5 Å². The summed E-state index contributed by atoms with van der Waals surface area (Å²) in [5, 5.41) is 1.41. The highest BCUT2D eigenvalue weighted by Gasteiger charge is 2.15. The van der Waals surface area contributed by atoms with Crippen LogP contribution in [0.4, 0.5) is 5.69 Å². The van der Waals surface area contributed by atoms with Gasteiger partial charge in [0.15, 0.2) is 5.78 Å². The number of aromatic amines is 1. The number of ketones is 1. The Morgan fingerprint density at radius 3 is 2.75 bits per heavy atom. The Bertz CT molecular complexity index is 826. The first-order valence-corrected chi connectivity index (χ1v) is 7.10. The van der Waals surface area contributed by atoms with Gasteiger partial charge in [-0.25, -0.2) is 0 Å². The number of rotatable bonds is 2. The fourth-order valence-electron chi connectivity index (χ4n) is 2.12. The minimum Gasteiger partial charge on any atom is -0.398 e. The molecule has 20 heavy (non-hydrogen) atoms. The quantitative estimate of drug-likeness (QED) is 0.532. The second-order valence-corrected chi connectivity index (χ2v) is 5.75. The fourth-order valence-corrected chi connectivity index (χ4v) is 2.54. The van der Waals surface area contributed by atoms with Gasteiger partial charge in [0.25, 0.3) is 0 Å². The van der Waals surface area contributed by atoms with Gasteiger partial charge >= 0.3 is 0 Å². The zero-order chi connectivity index (χ0) is 14.3. The van der Waals surface area contributed by atoms with Crippen LogP contribution in [0.1, 0.15) is 15.9 Å². The summed E-state index contributed by atoms with van der Waals surface area (Å²) in [6.45, 7) is 0. The van der Waals surface area contributed by atoms with Crippen LogP contribution in [-0.2, 0) is 0 Å². The number of fused-ring (bicyclic) bond motifs is 1. The second-order valence-electron chi connectivity index (χ2n) is 4.46. The van der Waals surface area contributed by atoms with Gasteiger partial charge in [-0.3, -0.25) is 4.79 Å². The van der Waals surface area contributed by atoms with E-state index in [9.17, 15) is 4.79 Å². The summed E-state index contributed by atoms with van der Waals surface area (Å²) in [6.07, 6.45) is 1.70. The molecule has 0 aliphatic rings. The first-order chi connectivity index (χ1) is 9.56. The maximum Gasteiger partial charge on any atom is 0.195 e. The SMILES string of the molecule is Nc1cc(C(=O)c2c[nH]c3ccc(Cl)cc23)ccc1Br. The summed E-state index contributed by atoms with van der Waals surface area (Å²) in [5.74, 6) is -0.0854. The zero-order valence-corrected chi connectivity index (χ0v) is 12.6. The number of carbonyl (C=O) groups excluding carboxylic acids is 1. The molecule has 1 heterocycles. The van der Waals surface area contributed by atoms with Gasteiger partial charge in [0.1, 0.15) is 0 Å². The van der Waals surface area contributed by atoms with Crippen molar-refractivity contribution >= 4 is 49.9 Å². The smallest absolute Gasteiger partial charge is 0.195 e. The molecule has 0 saturated heterocycles. The predicted octanol–water partition coefficient (Wildman–Crippen LogP) is 4.40. The van der Waals surface area contributed by atoms with E-state index < -0.39 is 0 Å². The number of hydrogen-bond acceptors (Lipinski definition) is 2. The Morgan fingerprint density at radius 1 is 1.20 bits per heavy atom. The lowest BCUT2D eigenvalue weighted by Gasteiger charge is -2.03. The van der Waals surface area contributed by atoms with Crippen LogP contribution in [0, 0.1) is 0 Å². The lowest BCUT2D eigenvalue weighted by Crippen LogP contribution is -2.01. The first kappa shape index (κ1) is 13.2. The van der Waals surface area contributed by atoms with Gasteiger partial charge in [-0.1, -0.05) is 11.6 Å². The van der Waals surface area contributed by atoms with Crippen molar-refractivity contribution in [3.8, 4) is 0 Å². The number of carbonyl (C=O) groups is 1. The minimum atomic E-state index is -0.0854. The number of benzene rings is 2. The van der Waals surface area contributed by atoms with Gasteiger partial charge in [0.2, 0.25) is 0 Å². The van der Waals surface area contributed by atoms with E-state index in [0.29, 0.717) is 21.8 Å². The monoisotopic (exact) mass is 348 g/mol. The summed E-state index contributed by atoms with van der Waals surface area (Å²) in [4.78, 5) is 15.6. The average molecular weight is 350 g/mol. The van der Waals surface area contributed by atoms with Crippen molar-refractivity contribution in [3.05, 3.63) is 63.2 Å². The van der Waals surface area contributed by atoms with E-state index in [0.717, 1.165) is 15.4 Å². The Balaban J connectivity index is 2.12. The van der Waals surface area contributed by atoms with Crippen LogP contribution in [0.25, 0.3) is 10.9 Å². The molecule has 3 rings (SSSR count). The largest absolute Gasteiger partial charge is 0.398 e. The van der Waals surface area contributed by atoms with Crippen molar-refractivity contribution in [1.29, 1.82) is 0 Å². The molecule has 0 radical (unpaired) electrons. The third-order valence-electron chi connectivity index (χ3n) is 3.15. The molecular weight excluding hydrogens is 340 g/mol. The highest BCUT2D eigenvalue weighted by Crippen LogP contribution is 2.26. The molecule has 0 saturated carbocycles. The molecule has 0 atom stereocenters. The van der Waals surface area contributed by atoms with Gasteiger partial charge in [-0.05, 0) is 52.3 Å². The molecule has 0 unspecified atom stereocenters. The third kappa shape index (κ3) is 2.21. The van der Waals surface area contributed by atoms with E-state index in [1.54, 1.807) is 36.5 Å². The number of aromatic nitrogens is 1. The Hall–Kier alpha value is -1.78. The maximum absolute atomic E-state index is 12.6. The zero-order valence-electron chi connectivity index (χ0n) is 10.3. The number of nitrogens with two attached hydrogens (primary N) is 1. The summed E-state index contributed by atoms with van der Waals surface area (Å²) in [5.41, 5.74) is 8.37. The molecule has 0 amide bonds. The number of H-pyrrole nitrogens is 1. The van der Waals surface area contributed by atoms with Crippen LogP contribution < -0.4 is 5.73 Å². The molecule has 0 aliphatic heterocycles. The lowest BCUT2D eigenvalue weighted by atomic mass is 10.0. The fraction of sp³-hybridized carbons (Fsp3) is 0. The standard InChI is InChI=1S/C15H10BrClN2O/c16-12-3-1-8(5-13(12)18)15(20)11-7-19-14-4-2-9(17)6-10(11)14/h1-7,19H,18H2. The molecule has 0 bridgehead atoms. The molecule has 0 fully saturated rings. The van der Waals surface area contributed by atoms with Crippen LogP contribution in [0.2, 0.25) is 5.02 Å². The van der Waals surface area contributed by atoms with Crippen molar-refractivity contribution in [3.63, 3.8) is 0 Å². The molecule has 3 N–H and O–H groups in total. The first-order valence-electron chi connectivity index (χ1n) is 5.92. The molecule has 100 valence electrons. The molecule has 2 aromatic carbocycles. The molecule has 5 heteroatoms. The van der Waals surface area contributed by atoms with Crippen molar-refractivity contribution in [2.75, 3.05) is 5.73 Å². The van der Waals surface area contributed by atoms with Crippen LogP contribution in [-0.4, -0.2) is 10.8 Å². The van der Waals surface area contributed by atoms with E-state index >= 15 is 0 Å². The number of nitrogen functional groups attached to an aromatic ring is 1. The van der Waals surface area contributed by atoms with Gasteiger partial charge < -0.3 is 10.7 Å². The minimum absolute atomic E-state index is 0.0854. The van der Waals surface area contributed by atoms with Gasteiger partial charge in [0, 0.05) is 43.4 Å². The maximum atomic E-state index is 12.6. The Morgan fingerprint density at radius 2 is 2.00 bits per heavy atom. The third-order valence-corrected chi connectivity index (χ3v) is 4.10. The van der Waals surface area contributed by atoms with Gasteiger partial charge in [-0.2, -0.15) is 0 Å². The summed E-state index contributed by atoms with van der Waals surface area (Å²) >= 11 is 9.31. The Labute approximate surface area is 128 Å². The Kier molecular flexibility index (Phi) is 3.28. The van der Waals surface area contributed by atoms with Crippen LogP contribution in [0.15, 0.2) is 47.1 Å². The lowest BCUT2D eigenvalue weighted by molar-refractivity contribution is 0.104. The number of halogens is 2. The number of nitrogens with one attached hydrogen (secondary N) is 1. The van der Waals surface area contributed by atoms with Crippen molar-refractivity contribution in [2.45, 2.75) is 0 Å².